The molecule has 3 heterocycles. The second kappa shape index (κ2) is 6.18. The van der Waals surface area contributed by atoms with E-state index in [9.17, 15) is 0 Å². The lowest BCUT2D eigenvalue weighted by atomic mass is 10.0. The van der Waals surface area contributed by atoms with Crippen LogP contribution in [0.3, 0.4) is 0 Å². The zero-order valence-electron chi connectivity index (χ0n) is 13.1. The summed E-state index contributed by atoms with van der Waals surface area (Å²) in [5.74, 6) is 1.89. The Kier molecular flexibility index (Phi) is 4.29. The van der Waals surface area contributed by atoms with Crippen LogP contribution < -0.4 is 10.2 Å². The molecule has 0 aliphatic carbocycles. The number of hydrogen-bond donors (Lipinski definition) is 1. The summed E-state index contributed by atoms with van der Waals surface area (Å²) in [6.45, 7) is 8.56. The molecule has 1 aliphatic heterocycles. The van der Waals surface area contributed by atoms with Gasteiger partial charge in [0.15, 0.2) is 0 Å². The predicted octanol–water partition coefficient (Wildman–Crippen LogP) is 4.06. The van der Waals surface area contributed by atoms with E-state index in [1.807, 2.05) is 0 Å². The van der Waals surface area contributed by atoms with E-state index in [0.717, 1.165) is 36.1 Å². The quantitative estimate of drug-likeness (QED) is 0.924. The van der Waals surface area contributed by atoms with E-state index < -0.39 is 0 Å². The van der Waals surface area contributed by atoms with E-state index in [0.29, 0.717) is 6.04 Å². The zero-order valence-corrected chi connectivity index (χ0v) is 14.0. The van der Waals surface area contributed by atoms with E-state index >= 15 is 0 Å². The molecule has 3 rings (SSSR count). The van der Waals surface area contributed by atoms with E-state index in [4.69, 9.17) is 4.98 Å². The van der Waals surface area contributed by atoms with Gasteiger partial charge in [0.05, 0.1) is 5.39 Å². The first-order chi connectivity index (χ1) is 10.2. The molecular formula is C16H24N4S. The van der Waals surface area contributed by atoms with Gasteiger partial charge in [-0.3, -0.25) is 0 Å². The van der Waals surface area contributed by atoms with Gasteiger partial charge < -0.3 is 10.2 Å². The first kappa shape index (κ1) is 14.6. The maximum Gasteiger partial charge on any atom is 0.226 e. The molecule has 1 fully saturated rings. The summed E-state index contributed by atoms with van der Waals surface area (Å²) < 4.78 is 0. The van der Waals surface area contributed by atoms with Crippen LogP contribution >= 0.6 is 11.3 Å². The summed E-state index contributed by atoms with van der Waals surface area (Å²) in [6, 6.07) is 2.85. The fourth-order valence-corrected chi connectivity index (χ4v) is 3.96. The topological polar surface area (TPSA) is 41.1 Å². The van der Waals surface area contributed by atoms with Gasteiger partial charge in [0.1, 0.15) is 10.6 Å². The number of hydrogen-bond acceptors (Lipinski definition) is 5. The third-order valence-corrected chi connectivity index (χ3v) is 5.36. The highest BCUT2D eigenvalue weighted by atomic mass is 32.1. The molecule has 1 atom stereocenters. The van der Waals surface area contributed by atoms with Crippen molar-refractivity contribution in [1.82, 2.24) is 9.97 Å². The Balaban J connectivity index is 2.10. The van der Waals surface area contributed by atoms with Crippen molar-refractivity contribution in [3.05, 3.63) is 10.9 Å². The van der Waals surface area contributed by atoms with Crippen molar-refractivity contribution in [2.75, 3.05) is 23.3 Å². The molecular weight excluding hydrogens is 280 g/mol. The zero-order chi connectivity index (χ0) is 14.8. The van der Waals surface area contributed by atoms with Gasteiger partial charge >= 0.3 is 0 Å². The predicted molar refractivity (Wildman–Crippen MR) is 91.6 cm³/mol. The molecule has 114 valence electrons. The molecule has 2 aromatic heterocycles. The number of aromatic nitrogens is 2. The highest BCUT2D eigenvalue weighted by Gasteiger charge is 2.23. The molecule has 0 aromatic carbocycles. The highest BCUT2D eigenvalue weighted by molar-refractivity contribution is 7.18. The molecule has 2 aromatic rings. The van der Waals surface area contributed by atoms with Crippen LogP contribution in [0.5, 0.6) is 0 Å². The monoisotopic (exact) mass is 304 g/mol. The third kappa shape index (κ3) is 2.84. The smallest absolute Gasteiger partial charge is 0.226 e. The first-order valence-electron chi connectivity index (χ1n) is 8.03. The van der Waals surface area contributed by atoms with Crippen molar-refractivity contribution in [2.45, 2.75) is 52.5 Å². The largest absolute Gasteiger partial charge is 0.354 e. The van der Waals surface area contributed by atoms with Crippen LogP contribution in [-0.4, -0.2) is 29.1 Å². The van der Waals surface area contributed by atoms with E-state index in [2.05, 4.69) is 42.0 Å². The Hall–Kier alpha value is -1.36. The minimum atomic E-state index is 0.566. The molecule has 21 heavy (non-hydrogen) atoms. The summed E-state index contributed by atoms with van der Waals surface area (Å²) in [5, 5.41) is 4.51. The van der Waals surface area contributed by atoms with Crippen molar-refractivity contribution in [1.29, 1.82) is 0 Å². The summed E-state index contributed by atoms with van der Waals surface area (Å²) in [7, 11) is 0. The Bertz CT molecular complexity index is 622. The molecule has 5 heteroatoms. The Labute approximate surface area is 130 Å². The van der Waals surface area contributed by atoms with Crippen LogP contribution in [0.25, 0.3) is 10.2 Å². The number of thiophene rings is 1. The highest BCUT2D eigenvalue weighted by Crippen LogP contribution is 2.35. The standard InChI is InChI=1S/C16H24N4S/c1-4-12-10-13-14(20-9-7-6-8-11(20)3)18-16(17-5-2)19-15(13)21-12/h10-11H,4-9H2,1-3H3,(H,17,18,19). The first-order valence-corrected chi connectivity index (χ1v) is 8.85. The number of fused-ring (bicyclic) bond motifs is 1. The van der Waals surface area contributed by atoms with Crippen molar-refractivity contribution in [3.8, 4) is 0 Å². The lowest BCUT2D eigenvalue weighted by molar-refractivity contribution is 0.482. The number of rotatable bonds is 4. The molecule has 1 saturated heterocycles. The van der Waals surface area contributed by atoms with Gasteiger partial charge in [0.25, 0.3) is 0 Å². The van der Waals surface area contributed by atoms with Crippen molar-refractivity contribution in [2.24, 2.45) is 0 Å². The normalized spacial score (nSPS) is 19.2. The number of aryl methyl sites for hydroxylation is 1. The second-order valence-corrected chi connectivity index (χ2v) is 6.84. The summed E-state index contributed by atoms with van der Waals surface area (Å²) in [6.07, 6.45) is 4.91. The molecule has 0 radical (unpaired) electrons. The Morgan fingerprint density at radius 3 is 2.90 bits per heavy atom. The van der Waals surface area contributed by atoms with E-state index in [1.165, 1.54) is 29.5 Å². The van der Waals surface area contributed by atoms with Crippen LogP contribution in [0.2, 0.25) is 0 Å². The van der Waals surface area contributed by atoms with Gasteiger partial charge in [-0.25, -0.2) is 4.98 Å². The number of piperidine rings is 1. The average Bonchev–Trinajstić information content (AvgIpc) is 2.90. The number of nitrogens with one attached hydrogen (secondary N) is 1. The Morgan fingerprint density at radius 2 is 2.19 bits per heavy atom. The molecule has 0 saturated carbocycles. The van der Waals surface area contributed by atoms with E-state index in [-0.39, 0.29) is 0 Å². The molecule has 0 spiro atoms. The van der Waals surface area contributed by atoms with Gasteiger partial charge in [-0.2, -0.15) is 4.98 Å². The van der Waals surface area contributed by atoms with Gasteiger partial charge in [-0.05, 0) is 45.6 Å². The van der Waals surface area contributed by atoms with Gasteiger partial charge in [0, 0.05) is 24.0 Å². The van der Waals surface area contributed by atoms with Crippen LogP contribution in [0.4, 0.5) is 11.8 Å². The molecule has 4 nitrogen and oxygen atoms in total. The number of anilines is 2. The second-order valence-electron chi connectivity index (χ2n) is 5.72. The minimum absolute atomic E-state index is 0.566. The SMILES string of the molecule is CCNc1nc(N2CCCCC2C)c2cc(CC)sc2n1. The summed E-state index contributed by atoms with van der Waals surface area (Å²) in [4.78, 5) is 14.5. The molecule has 1 N–H and O–H groups in total. The van der Waals surface area contributed by atoms with Crippen LogP contribution in [-0.2, 0) is 6.42 Å². The number of nitrogens with zero attached hydrogens (tertiary/aromatic N) is 3. The van der Waals surface area contributed by atoms with Crippen LogP contribution in [0, 0.1) is 0 Å². The summed E-state index contributed by atoms with van der Waals surface area (Å²) in [5.41, 5.74) is 0. The van der Waals surface area contributed by atoms with Gasteiger partial charge in [-0.1, -0.05) is 6.92 Å². The van der Waals surface area contributed by atoms with Crippen LogP contribution in [0.15, 0.2) is 6.07 Å². The molecule has 1 unspecified atom stereocenters. The van der Waals surface area contributed by atoms with Gasteiger partial charge in [0.2, 0.25) is 5.95 Å². The van der Waals surface area contributed by atoms with Crippen LogP contribution in [0.1, 0.15) is 44.9 Å². The van der Waals surface area contributed by atoms with Crippen molar-refractivity contribution >= 4 is 33.3 Å². The maximum absolute atomic E-state index is 4.82. The lowest BCUT2D eigenvalue weighted by Crippen LogP contribution is -2.38. The molecule has 0 bridgehead atoms. The van der Waals surface area contributed by atoms with Crippen molar-refractivity contribution in [3.63, 3.8) is 0 Å². The minimum Gasteiger partial charge on any atom is -0.354 e. The molecule has 0 amide bonds. The fourth-order valence-electron chi connectivity index (χ4n) is 3.00. The average molecular weight is 304 g/mol. The summed E-state index contributed by atoms with van der Waals surface area (Å²) >= 11 is 1.80. The Morgan fingerprint density at radius 1 is 1.33 bits per heavy atom. The maximum atomic E-state index is 4.82. The lowest BCUT2D eigenvalue weighted by Gasteiger charge is -2.34. The van der Waals surface area contributed by atoms with E-state index in [1.54, 1.807) is 11.3 Å². The van der Waals surface area contributed by atoms with Crippen molar-refractivity contribution < 1.29 is 0 Å². The third-order valence-electron chi connectivity index (χ3n) is 4.18. The fraction of sp³-hybridized carbons (Fsp3) is 0.625. The molecule has 1 aliphatic rings. The van der Waals surface area contributed by atoms with Gasteiger partial charge in [-0.15, -0.1) is 11.3 Å².